The number of nitrogens with zero attached hydrogens (tertiary/aromatic N) is 3. The van der Waals surface area contributed by atoms with Crippen LogP contribution in [0.4, 0.5) is 34.1 Å². The molecule has 0 fully saturated rings. The first kappa shape index (κ1) is 70.4. The molecule has 0 amide bonds. The Morgan fingerprint density at radius 2 is 0.634 bits per heavy atom. The van der Waals surface area contributed by atoms with Gasteiger partial charge in [0.2, 0.25) is 0 Å². The van der Waals surface area contributed by atoms with E-state index in [-0.39, 0.29) is 33.8 Å². The lowest BCUT2D eigenvalue weighted by Crippen LogP contribution is -2.61. The third-order valence-electron chi connectivity index (χ3n) is 24.5. The van der Waals surface area contributed by atoms with Crippen LogP contribution < -0.4 is 26.2 Å². The molecular weight excluding hydrogens is 1350 g/mol. The van der Waals surface area contributed by atoms with Crippen molar-refractivity contribution < 1.29 is 0 Å². The molecule has 0 bridgehead atoms. The van der Waals surface area contributed by atoms with Crippen LogP contribution >= 0.6 is 0 Å². The fourth-order valence-corrected chi connectivity index (χ4v) is 18.2. The highest BCUT2D eigenvalue weighted by molar-refractivity contribution is 7.00. The van der Waals surface area contributed by atoms with E-state index in [9.17, 15) is 0 Å². The lowest BCUT2D eigenvalue weighted by molar-refractivity contribution is 0.569. The van der Waals surface area contributed by atoms with Gasteiger partial charge in [-0.2, -0.15) is 0 Å². The number of hydrogen-bond donors (Lipinski definition) is 0. The summed E-state index contributed by atoms with van der Waals surface area (Å²) in [4.78, 5) is 5.48. The van der Waals surface area contributed by atoms with Crippen LogP contribution in [0.15, 0.2) is 309 Å². The number of anilines is 6. The first-order valence-electron chi connectivity index (χ1n) is 40.2. The standard InChI is InChI=1S/C108H96BN3/c1-104(2,3)77-47-54-95-91(62-77)92-63-78(105(4,5)6)48-55-96(92)110(95)82-49-52-93-98(66-82)112(102-87(67-28-18-16-19-29-67)36-26-37-88(102)68-30-20-17-21-31-68)100-65-81(108(13,14)15)64-99-101(100)109(93)94-60-71(76-58-79(106(7,8)9)61-80(59-76)107(10,11)12)46-53-97(94)111(99)103-89(74-44-50-85-72(56-74)42-40-69-32-22-24-34-83(69)85)38-27-39-90(103)75-45-51-86-73(57-75)43-41-70-33-23-25-35-84(70)86/h16-66H,1-15H3. The van der Waals surface area contributed by atoms with E-state index in [2.05, 4.69) is 428 Å². The van der Waals surface area contributed by atoms with Crippen LogP contribution in [-0.2, 0) is 27.1 Å². The number of para-hydroxylation sites is 2. The van der Waals surface area contributed by atoms with Crippen molar-refractivity contribution in [1.82, 2.24) is 4.57 Å². The van der Waals surface area contributed by atoms with Gasteiger partial charge in [0.25, 0.3) is 6.71 Å². The van der Waals surface area contributed by atoms with E-state index >= 15 is 0 Å². The molecule has 2 aliphatic heterocycles. The Labute approximate surface area is 661 Å². The molecule has 1 aromatic heterocycles. The zero-order valence-electron chi connectivity index (χ0n) is 67.4. The van der Waals surface area contributed by atoms with Crippen LogP contribution in [0.3, 0.4) is 0 Å². The summed E-state index contributed by atoms with van der Waals surface area (Å²) in [5.74, 6) is 0. The molecule has 0 spiro atoms. The van der Waals surface area contributed by atoms with Crippen molar-refractivity contribution in [2.24, 2.45) is 0 Å². The second kappa shape index (κ2) is 25.8. The molecule has 0 atom stereocenters. The lowest BCUT2D eigenvalue weighted by Gasteiger charge is -2.46. The Hall–Kier alpha value is -12.0. The highest BCUT2D eigenvalue weighted by Crippen LogP contribution is 2.55. The fourth-order valence-electron chi connectivity index (χ4n) is 18.2. The van der Waals surface area contributed by atoms with Crippen LogP contribution in [0.5, 0.6) is 0 Å². The third-order valence-corrected chi connectivity index (χ3v) is 24.5. The Morgan fingerprint density at radius 3 is 1.11 bits per heavy atom. The number of fused-ring (bicyclic) bond motifs is 13. The zero-order valence-corrected chi connectivity index (χ0v) is 67.4. The molecule has 0 aliphatic carbocycles. The van der Waals surface area contributed by atoms with Crippen molar-refractivity contribution >= 4 is 122 Å². The quantitative estimate of drug-likeness (QED) is 0.111. The maximum absolute atomic E-state index is 2.74. The normalized spacial score (nSPS) is 13.3. The molecule has 2 aliphatic rings. The van der Waals surface area contributed by atoms with Gasteiger partial charge in [-0.25, -0.2) is 0 Å². The van der Waals surface area contributed by atoms with Gasteiger partial charge in [-0.1, -0.05) is 347 Å². The first-order chi connectivity index (χ1) is 53.7. The maximum atomic E-state index is 2.74. The van der Waals surface area contributed by atoms with Gasteiger partial charge >= 0.3 is 0 Å². The molecule has 17 aromatic rings. The predicted octanol–water partition coefficient (Wildman–Crippen LogP) is 28.3. The molecule has 0 saturated carbocycles. The van der Waals surface area contributed by atoms with Crippen LogP contribution in [0.1, 0.15) is 132 Å². The van der Waals surface area contributed by atoms with E-state index in [1.54, 1.807) is 0 Å². The minimum atomic E-state index is -0.333. The Kier molecular flexibility index (Phi) is 16.2. The average molecular weight is 1450 g/mol. The molecule has 112 heavy (non-hydrogen) atoms. The third kappa shape index (κ3) is 11.8. The van der Waals surface area contributed by atoms with Gasteiger partial charge in [-0.05, 0) is 214 Å². The summed E-state index contributed by atoms with van der Waals surface area (Å²) in [7, 11) is 0. The first-order valence-corrected chi connectivity index (χ1v) is 40.2. The molecule has 16 aromatic carbocycles. The molecule has 546 valence electrons. The molecule has 3 heterocycles. The van der Waals surface area contributed by atoms with Gasteiger partial charge < -0.3 is 14.4 Å². The molecule has 0 N–H and O–H groups in total. The number of benzene rings is 16. The largest absolute Gasteiger partial charge is 0.310 e. The SMILES string of the molecule is CC(C)(C)c1cc(-c2ccc3c(c2)B2c4ccc(-n5c6ccc(C(C)(C)C)cc6c6cc(C(C)(C)C)ccc65)cc4N(c4c(-c5ccccc5)cccc4-c4ccccc4)c4cc(C(C)(C)C)cc(c42)N3c2c(-c3ccc4c(ccc5ccccc54)c3)cccc2-c2ccc3c(ccc4ccccc43)c2)cc(C(C)(C)C)c1. The smallest absolute Gasteiger partial charge is 0.252 e. The van der Waals surface area contributed by atoms with Crippen molar-refractivity contribution in [1.29, 1.82) is 0 Å². The topological polar surface area (TPSA) is 11.4 Å². The Balaban J connectivity index is 0.974. The number of rotatable bonds is 8. The van der Waals surface area contributed by atoms with E-state index in [4.69, 9.17) is 0 Å². The van der Waals surface area contributed by atoms with Gasteiger partial charge in [0.1, 0.15) is 0 Å². The highest BCUT2D eigenvalue weighted by atomic mass is 15.2. The van der Waals surface area contributed by atoms with E-state index < -0.39 is 0 Å². The maximum Gasteiger partial charge on any atom is 0.252 e. The van der Waals surface area contributed by atoms with E-state index in [1.165, 1.54) is 120 Å². The number of hydrogen-bond acceptors (Lipinski definition) is 2. The van der Waals surface area contributed by atoms with E-state index in [1.807, 2.05) is 0 Å². The summed E-state index contributed by atoms with van der Waals surface area (Å²) in [6.07, 6.45) is 0. The summed E-state index contributed by atoms with van der Waals surface area (Å²) in [6, 6.07) is 120. The van der Waals surface area contributed by atoms with Gasteiger partial charge in [-0.15, -0.1) is 0 Å². The van der Waals surface area contributed by atoms with Gasteiger partial charge in [0.15, 0.2) is 0 Å². The van der Waals surface area contributed by atoms with Crippen LogP contribution in [0.25, 0.3) is 126 Å². The second-order valence-electron chi connectivity index (χ2n) is 37.0. The van der Waals surface area contributed by atoms with Crippen LogP contribution in [0.2, 0.25) is 0 Å². The fraction of sp³-hybridized carbons (Fsp3) is 0.185. The van der Waals surface area contributed by atoms with E-state index in [0.29, 0.717) is 0 Å². The molecule has 0 saturated heterocycles. The predicted molar refractivity (Wildman–Crippen MR) is 486 cm³/mol. The van der Waals surface area contributed by atoms with Crippen molar-refractivity contribution in [3.8, 4) is 61.3 Å². The summed E-state index contributed by atoms with van der Waals surface area (Å²) < 4.78 is 2.57. The Morgan fingerprint density at radius 1 is 0.223 bits per heavy atom. The van der Waals surface area contributed by atoms with Gasteiger partial charge in [0.05, 0.1) is 22.4 Å². The average Bonchev–Trinajstić information content (AvgIpc) is 0.698. The molecule has 0 unspecified atom stereocenters. The van der Waals surface area contributed by atoms with Crippen LogP contribution in [0, 0.1) is 0 Å². The summed E-state index contributed by atoms with van der Waals surface area (Å²) in [5, 5.41) is 12.4. The highest BCUT2D eigenvalue weighted by Gasteiger charge is 2.46. The molecule has 4 heteroatoms. The van der Waals surface area contributed by atoms with Crippen LogP contribution in [-0.4, -0.2) is 11.3 Å². The molecular formula is C108H96BN3. The summed E-state index contributed by atoms with van der Waals surface area (Å²) >= 11 is 0. The monoisotopic (exact) mass is 1450 g/mol. The van der Waals surface area contributed by atoms with E-state index in [0.717, 1.165) is 84.3 Å². The van der Waals surface area contributed by atoms with Crippen molar-refractivity contribution in [3.63, 3.8) is 0 Å². The van der Waals surface area contributed by atoms with Crippen molar-refractivity contribution in [2.75, 3.05) is 9.80 Å². The lowest BCUT2D eigenvalue weighted by atomic mass is 9.33. The van der Waals surface area contributed by atoms with Crippen molar-refractivity contribution in [3.05, 3.63) is 337 Å². The minimum Gasteiger partial charge on any atom is -0.310 e. The van der Waals surface area contributed by atoms with Crippen molar-refractivity contribution in [2.45, 2.75) is 131 Å². The van der Waals surface area contributed by atoms with Gasteiger partial charge in [-0.3, -0.25) is 0 Å². The molecule has 3 nitrogen and oxygen atoms in total. The summed E-state index contributed by atoms with van der Waals surface area (Å²) in [6.45, 7) is 35.2. The molecule has 19 rings (SSSR count). The summed E-state index contributed by atoms with van der Waals surface area (Å²) in [5.41, 5.74) is 31.6. The minimum absolute atomic E-state index is 0.0602. The zero-order chi connectivity index (χ0) is 77.2. The molecule has 0 radical (unpaired) electrons. The second-order valence-corrected chi connectivity index (χ2v) is 37.0. The number of aromatic nitrogens is 1. The Bertz CT molecular complexity index is 6410. The van der Waals surface area contributed by atoms with Gasteiger partial charge in [0, 0.05) is 61.5 Å².